The van der Waals surface area contributed by atoms with Crippen LogP contribution < -0.4 is 20.1 Å². The molecule has 0 radical (unpaired) electrons. The topological polar surface area (TPSA) is 42.5 Å². The van der Waals surface area contributed by atoms with Crippen LogP contribution in [0.25, 0.3) is 0 Å². The summed E-state index contributed by atoms with van der Waals surface area (Å²) >= 11 is 5.57. The third kappa shape index (κ3) is 5.13. The van der Waals surface area contributed by atoms with Crippen LogP contribution in [-0.2, 0) is 0 Å². The summed E-state index contributed by atoms with van der Waals surface area (Å²) in [6, 6.07) is 14.3. The smallest absolute Gasteiger partial charge is 0.171 e. The number of ether oxygens (including phenoxy) is 2. The second-order valence-corrected chi connectivity index (χ2v) is 8.36. The van der Waals surface area contributed by atoms with Crippen LogP contribution in [0, 0.1) is 6.92 Å². The van der Waals surface area contributed by atoms with E-state index < -0.39 is 0 Å². The van der Waals surface area contributed by atoms with E-state index in [0.29, 0.717) is 5.11 Å². The van der Waals surface area contributed by atoms with E-state index in [9.17, 15) is 0 Å². The summed E-state index contributed by atoms with van der Waals surface area (Å²) in [5.41, 5.74) is 2.98. The molecule has 2 N–H and O–H groups in total. The second-order valence-electron chi connectivity index (χ2n) is 7.95. The molecular weight excluding hydrogens is 356 g/mol. The van der Waals surface area contributed by atoms with Crippen molar-refractivity contribution in [2.24, 2.45) is 0 Å². The first kappa shape index (κ1) is 19.5. The Morgan fingerprint density at radius 3 is 2.74 bits per heavy atom. The fourth-order valence-electron chi connectivity index (χ4n) is 3.33. The molecule has 4 nitrogen and oxygen atoms in total. The third-order valence-corrected chi connectivity index (χ3v) is 4.62. The van der Waals surface area contributed by atoms with Crippen molar-refractivity contribution in [3.8, 4) is 11.5 Å². The number of thiocarbonyl (C=S) groups is 1. The van der Waals surface area contributed by atoms with Crippen LogP contribution in [0.2, 0.25) is 0 Å². The van der Waals surface area contributed by atoms with Crippen molar-refractivity contribution in [3.05, 3.63) is 53.6 Å². The molecule has 0 aromatic heterocycles. The van der Waals surface area contributed by atoms with Crippen molar-refractivity contribution in [3.63, 3.8) is 0 Å². The van der Waals surface area contributed by atoms with Crippen molar-refractivity contribution >= 4 is 23.0 Å². The average molecular weight is 385 g/mol. The lowest BCUT2D eigenvalue weighted by Crippen LogP contribution is -2.42. The van der Waals surface area contributed by atoms with E-state index in [0.717, 1.165) is 29.2 Å². The molecule has 1 heterocycles. The van der Waals surface area contributed by atoms with Gasteiger partial charge in [0.05, 0.1) is 12.1 Å². The molecule has 0 amide bonds. The Kier molecular flexibility index (Phi) is 5.61. The number of nitrogens with one attached hydrogen (secondary N) is 2. The highest BCUT2D eigenvalue weighted by Crippen LogP contribution is 2.39. The van der Waals surface area contributed by atoms with Gasteiger partial charge in [0.25, 0.3) is 0 Å². The first-order valence-corrected chi connectivity index (χ1v) is 9.76. The predicted molar refractivity (Wildman–Crippen MR) is 115 cm³/mol. The van der Waals surface area contributed by atoms with Gasteiger partial charge in [-0.3, -0.25) is 0 Å². The summed E-state index contributed by atoms with van der Waals surface area (Å²) in [6.07, 6.45) is 0.969. The molecule has 144 valence electrons. The number of benzene rings is 2. The minimum absolute atomic E-state index is 0.0967. The number of fused-ring (bicyclic) bond motifs is 1. The number of hydrogen-bond acceptors (Lipinski definition) is 3. The SMILES string of the molecule is Cc1ccc2c(c1)OC(C)(C)CC2NC(=S)Nc1cccc(OC(C)C)c1. The monoisotopic (exact) mass is 384 g/mol. The molecule has 0 bridgehead atoms. The van der Waals surface area contributed by atoms with Crippen LogP contribution in [0.3, 0.4) is 0 Å². The van der Waals surface area contributed by atoms with Gasteiger partial charge in [0.15, 0.2) is 5.11 Å². The maximum absolute atomic E-state index is 6.16. The number of hydrogen-bond donors (Lipinski definition) is 2. The van der Waals surface area contributed by atoms with E-state index in [2.05, 4.69) is 49.6 Å². The molecule has 0 saturated heterocycles. The molecule has 1 unspecified atom stereocenters. The summed E-state index contributed by atoms with van der Waals surface area (Å²) in [4.78, 5) is 0. The average Bonchev–Trinajstić information content (AvgIpc) is 2.52. The Hall–Kier alpha value is -2.27. The summed E-state index contributed by atoms with van der Waals surface area (Å²) in [5, 5.41) is 7.32. The lowest BCUT2D eigenvalue weighted by Gasteiger charge is -2.38. The maximum atomic E-state index is 6.16. The van der Waals surface area contributed by atoms with Gasteiger partial charge < -0.3 is 20.1 Å². The molecule has 3 rings (SSSR count). The zero-order valence-corrected chi connectivity index (χ0v) is 17.4. The molecule has 0 aliphatic carbocycles. The third-order valence-electron chi connectivity index (χ3n) is 4.40. The van der Waals surface area contributed by atoms with Gasteiger partial charge in [-0.1, -0.05) is 18.2 Å². The zero-order valence-electron chi connectivity index (χ0n) is 16.6. The van der Waals surface area contributed by atoms with Crippen LogP contribution in [-0.4, -0.2) is 16.8 Å². The van der Waals surface area contributed by atoms with Gasteiger partial charge in [-0.2, -0.15) is 0 Å². The molecule has 5 heteroatoms. The Labute approximate surface area is 167 Å². The Balaban J connectivity index is 1.73. The lowest BCUT2D eigenvalue weighted by atomic mass is 9.89. The number of anilines is 1. The van der Waals surface area contributed by atoms with Crippen molar-refractivity contribution in [2.75, 3.05) is 5.32 Å². The van der Waals surface area contributed by atoms with E-state index >= 15 is 0 Å². The lowest BCUT2D eigenvalue weighted by molar-refractivity contribution is 0.0696. The van der Waals surface area contributed by atoms with Crippen LogP contribution in [0.4, 0.5) is 5.69 Å². The maximum Gasteiger partial charge on any atom is 0.171 e. The quantitative estimate of drug-likeness (QED) is 0.694. The van der Waals surface area contributed by atoms with Crippen LogP contribution in [0.1, 0.15) is 51.3 Å². The van der Waals surface area contributed by atoms with Crippen molar-refractivity contribution in [1.29, 1.82) is 0 Å². The largest absolute Gasteiger partial charge is 0.491 e. The fourth-order valence-corrected chi connectivity index (χ4v) is 3.59. The van der Waals surface area contributed by atoms with Crippen LogP contribution >= 0.6 is 12.2 Å². The molecular formula is C22H28N2O2S. The Bertz CT molecular complexity index is 833. The molecule has 1 atom stereocenters. The van der Waals surface area contributed by atoms with Gasteiger partial charge in [-0.05, 0) is 70.6 Å². The molecule has 0 spiro atoms. The van der Waals surface area contributed by atoms with Gasteiger partial charge in [0.2, 0.25) is 0 Å². The Morgan fingerprint density at radius 2 is 2.00 bits per heavy atom. The summed E-state index contributed by atoms with van der Waals surface area (Å²) in [7, 11) is 0. The summed E-state index contributed by atoms with van der Waals surface area (Å²) in [5.74, 6) is 1.75. The van der Waals surface area contributed by atoms with Crippen LogP contribution in [0.15, 0.2) is 42.5 Å². The molecule has 0 saturated carbocycles. The molecule has 2 aromatic carbocycles. The van der Waals surface area contributed by atoms with Gasteiger partial charge in [0, 0.05) is 23.7 Å². The standard InChI is InChI=1S/C22H28N2O2S/c1-14(2)25-17-8-6-7-16(12-17)23-21(27)24-19-13-22(4,5)26-20-11-15(3)9-10-18(19)20/h6-12,14,19H,13H2,1-5H3,(H2,23,24,27). The first-order valence-electron chi connectivity index (χ1n) is 9.36. The highest BCUT2D eigenvalue weighted by molar-refractivity contribution is 7.80. The first-order chi connectivity index (χ1) is 12.7. The van der Waals surface area contributed by atoms with E-state index in [1.807, 2.05) is 38.1 Å². The predicted octanol–water partition coefficient (Wildman–Crippen LogP) is 5.37. The molecule has 1 aliphatic rings. The normalized spacial score (nSPS) is 17.6. The van der Waals surface area contributed by atoms with Gasteiger partial charge in [-0.25, -0.2) is 0 Å². The van der Waals surface area contributed by atoms with E-state index in [1.165, 1.54) is 5.56 Å². The highest BCUT2D eigenvalue weighted by atomic mass is 32.1. The Morgan fingerprint density at radius 1 is 1.22 bits per heavy atom. The number of aryl methyl sites for hydroxylation is 1. The van der Waals surface area contributed by atoms with E-state index in [4.69, 9.17) is 21.7 Å². The van der Waals surface area contributed by atoms with Crippen molar-refractivity contribution < 1.29 is 9.47 Å². The van der Waals surface area contributed by atoms with E-state index in [-0.39, 0.29) is 17.7 Å². The van der Waals surface area contributed by atoms with Crippen LogP contribution in [0.5, 0.6) is 11.5 Å². The number of rotatable bonds is 4. The van der Waals surface area contributed by atoms with Gasteiger partial charge in [-0.15, -0.1) is 0 Å². The molecule has 1 aliphatic heterocycles. The minimum atomic E-state index is -0.251. The van der Waals surface area contributed by atoms with Gasteiger partial charge >= 0.3 is 0 Å². The molecule has 2 aromatic rings. The zero-order chi connectivity index (χ0) is 19.6. The fraction of sp³-hybridized carbons (Fsp3) is 0.409. The molecule has 0 fully saturated rings. The summed E-state index contributed by atoms with van der Waals surface area (Å²) in [6.45, 7) is 10.3. The van der Waals surface area contributed by atoms with Crippen molar-refractivity contribution in [1.82, 2.24) is 5.32 Å². The second kappa shape index (κ2) is 7.77. The molecule has 27 heavy (non-hydrogen) atoms. The summed E-state index contributed by atoms with van der Waals surface area (Å²) < 4.78 is 11.9. The van der Waals surface area contributed by atoms with Gasteiger partial charge in [0.1, 0.15) is 17.1 Å². The van der Waals surface area contributed by atoms with Crippen molar-refractivity contribution in [2.45, 2.75) is 58.8 Å². The van der Waals surface area contributed by atoms with E-state index in [1.54, 1.807) is 0 Å². The highest BCUT2D eigenvalue weighted by Gasteiger charge is 2.34. The minimum Gasteiger partial charge on any atom is -0.491 e.